The van der Waals surface area contributed by atoms with Crippen LogP contribution in [0.15, 0.2) is 48.6 Å². The minimum Gasteiger partial charge on any atom is -0.368 e. The lowest BCUT2D eigenvalue weighted by atomic mass is 9.87. The van der Waals surface area contributed by atoms with Crippen LogP contribution in [0.3, 0.4) is 0 Å². The molecule has 9 heteroatoms. The molecule has 1 aromatic heterocycles. The van der Waals surface area contributed by atoms with Gasteiger partial charge in [-0.2, -0.15) is 0 Å². The van der Waals surface area contributed by atoms with E-state index in [2.05, 4.69) is 27.4 Å². The molecule has 4 rings (SSSR count). The predicted molar refractivity (Wildman–Crippen MR) is 167 cm³/mol. The molecule has 1 aliphatic heterocycles. The monoisotopic (exact) mass is 568 g/mol. The number of rotatable bonds is 9. The third-order valence-electron chi connectivity index (χ3n) is 8.09. The number of hydrogen-bond acceptors (Lipinski definition) is 7. The highest BCUT2D eigenvalue weighted by molar-refractivity contribution is 6.09. The van der Waals surface area contributed by atoms with Crippen molar-refractivity contribution in [1.82, 2.24) is 20.2 Å². The molecule has 0 aliphatic carbocycles. The molecule has 0 spiro atoms. The van der Waals surface area contributed by atoms with Crippen LogP contribution in [0.2, 0.25) is 0 Å². The number of nitrogens with one attached hydrogen (secondary N) is 2. The van der Waals surface area contributed by atoms with E-state index in [0.29, 0.717) is 56.5 Å². The molecule has 0 atom stereocenters. The third-order valence-corrected chi connectivity index (χ3v) is 8.09. The van der Waals surface area contributed by atoms with Gasteiger partial charge in [0.1, 0.15) is 11.6 Å². The Morgan fingerprint density at radius 2 is 1.43 bits per heavy atom. The number of carbonyl (C=O) groups excluding carboxylic acids is 3. The third kappa shape index (κ3) is 7.02. The number of benzene rings is 2. The summed E-state index contributed by atoms with van der Waals surface area (Å²) in [5.41, 5.74) is 6.95. The van der Waals surface area contributed by atoms with Crippen LogP contribution in [0.5, 0.6) is 0 Å². The maximum absolute atomic E-state index is 13.1. The summed E-state index contributed by atoms with van der Waals surface area (Å²) in [6.45, 7) is 14.8. The second-order valence-corrected chi connectivity index (χ2v) is 10.7. The maximum Gasteiger partial charge on any atom is 0.246 e. The van der Waals surface area contributed by atoms with Gasteiger partial charge in [-0.15, -0.1) is 0 Å². The van der Waals surface area contributed by atoms with E-state index in [9.17, 15) is 14.4 Å². The van der Waals surface area contributed by atoms with E-state index in [1.54, 1.807) is 4.90 Å². The van der Waals surface area contributed by atoms with Gasteiger partial charge in [-0.1, -0.05) is 30.3 Å². The first-order valence-electron chi connectivity index (χ1n) is 14.3. The minimum absolute atomic E-state index is 0.0812. The summed E-state index contributed by atoms with van der Waals surface area (Å²) in [5, 5.41) is 6.05. The van der Waals surface area contributed by atoms with Gasteiger partial charge in [-0.25, -0.2) is 9.97 Å². The summed E-state index contributed by atoms with van der Waals surface area (Å²) < 4.78 is 0. The number of piperazine rings is 1. The van der Waals surface area contributed by atoms with Crippen LogP contribution in [0.4, 0.5) is 11.6 Å². The fourth-order valence-corrected chi connectivity index (χ4v) is 5.19. The molecule has 220 valence electrons. The van der Waals surface area contributed by atoms with E-state index in [-0.39, 0.29) is 17.6 Å². The lowest BCUT2D eigenvalue weighted by Crippen LogP contribution is -2.48. The second-order valence-electron chi connectivity index (χ2n) is 10.7. The molecule has 0 unspecified atom stereocenters. The first-order chi connectivity index (χ1) is 20.1. The smallest absolute Gasteiger partial charge is 0.246 e. The van der Waals surface area contributed by atoms with Gasteiger partial charge in [0.25, 0.3) is 0 Å². The molecule has 0 radical (unpaired) electrons. The van der Waals surface area contributed by atoms with E-state index >= 15 is 0 Å². The van der Waals surface area contributed by atoms with Gasteiger partial charge in [0.05, 0.1) is 0 Å². The van der Waals surface area contributed by atoms with E-state index in [4.69, 9.17) is 4.98 Å². The van der Waals surface area contributed by atoms with Crippen LogP contribution in [-0.4, -0.2) is 71.7 Å². The Hall–Kier alpha value is -4.53. The van der Waals surface area contributed by atoms with Crippen molar-refractivity contribution in [3.63, 3.8) is 0 Å². The Balaban J connectivity index is 1.44. The van der Waals surface area contributed by atoms with Gasteiger partial charge >= 0.3 is 0 Å². The first kappa shape index (κ1) is 30.4. The van der Waals surface area contributed by atoms with Crippen molar-refractivity contribution in [3.8, 4) is 11.4 Å². The Morgan fingerprint density at radius 1 is 0.810 bits per heavy atom. The van der Waals surface area contributed by atoms with Crippen LogP contribution < -0.4 is 15.5 Å². The second kappa shape index (κ2) is 13.4. The molecule has 2 N–H and O–H groups in total. The number of hydrogen-bond donors (Lipinski definition) is 2. The zero-order valence-corrected chi connectivity index (χ0v) is 25.4. The number of anilines is 2. The van der Waals surface area contributed by atoms with Gasteiger partial charge < -0.3 is 20.4 Å². The summed E-state index contributed by atoms with van der Waals surface area (Å²) in [6.07, 6.45) is 2.81. The Kier molecular flexibility index (Phi) is 9.72. The predicted octanol–water partition coefficient (Wildman–Crippen LogP) is 4.32. The molecular formula is C33H40N6O3. The number of nitrogens with zero attached hydrogens (tertiary/aromatic N) is 4. The first-order valence-corrected chi connectivity index (χ1v) is 14.3. The Morgan fingerprint density at radius 3 is 2.05 bits per heavy atom. The Labute approximate surface area is 248 Å². The van der Waals surface area contributed by atoms with E-state index in [1.165, 1.54) is 24.6 Å². The van der Waals surface area contributed by atoms with E-state index in [1.807, 2.05) is 64.1 Å². The molecule has 2 amide bonds. The summed E-state index contributed by atoms with van der Waals surface area (Å²) in [5.74, 6) is 1.63. The number of allylic oxidation sites excluding steroid dienone is 1. The molecule has 1 fully saturated rings. The largest absolute Gasteiger partial charge is 0.368 e. The van der Waals surface area contributed by atoms with Gasteiger partial charge in [-0.3, -0.25) is 14.4 Å². The highest BCUT2D eigenvalue weighted by Crippen LogP contribution is 2.27. The number of carbonyl (C=O) groups is 3. The van der Waals surface area contributed by atoms with Crippen molar-refractivity contribution in [2.24, 2.45) is 0 Å². The van der Waals surface area contributed by atoms with Crippen molar-refractivity contribution in [3.05, 3.63) is 81.9 Å². The average molecular weight is 569 g/mol. The average Bonchev–Trinajstić information content (AvgIpc) is 3.00. The van der Waals surface area contributed by atoms with Crippen molar-refractivity contribution in [2.45, 2.75) is 41.5 Å². The quantitative estimate of drug-likeness (QED) is 0.225. The summed E-state index contributed by atoms with van der Waals surface area (Å²) in [6, 6.07) is 11.7. The van der Waals surface area contributed by atoms with Crippen LogP contribution in [0, 0.1) is 34.6 Å². The van der Waals surface area contributed by atoms with Gasteiger partial charge in [-0.05, 0) is 68.5 Å². The topological polar surface area (TPSA) is 108 Å². The number of amides is 2. The van der Waals surface area contributed by atoms with E-state index < -0.39 is 0 Å². The summed E-state index contributed by atoms with van der Waals surface area (Å²) in [7, 11) is 0. The SMILES string of the molecule is CC(=O)NCCNc1cc(N2CCN(C(=O)C=CC(=O)c3c(C)c(C)c(C)c(C)c3C)CC2)nc(-c2ccccc2)n1. The van der Waals surface area contributed by atoms with Crippen LogP contribution in [0.1, 0.15) is 45.1 Å². The summed E-state index contributed by atoms with van der Waals surface area (Å²) in [4.78, 5) is 50.8. The molecule has 3 aromatic rings. The van der Waals surface area contributed by atoms with Crippen molar-refractivity contribution in [2.75, 3.05) is 49.5 Å². The van der Waals surface area contributed by atoms with Crippen molar-refractivity contribution < 1.29 is 14.4 Å². The van der Waals surface area contributed by atoms with E-state index in [0.717, 1.165) is 33.6 Å². The molecule has 2 aromatic carbocycles. The van der Waals surface area contributed by atoms with Crippen LogP contribution in [-0.2, 0) is 9.59 Å². The standard InChI is InChI=1S/C33H40N6O3/c1-21-22(2)24(4)32(25(5)23(21)3)28(41)12-13-31(42)39-18-16-38(17-19-39)30-20-29(35-15-14-34-26(6)40)36-33(37-30)27-10-8-7-9-11-27/h7-13,20H,14-19H2,1-6H3,(H,34,40)(H,35,36,37). The normalized spacial score (nSPS) is 13.4. The van der Waals surface area contributed by atoms with Crippen LogP contribution >= 0.6 is 0 Å². The molecule has 1 aliphatic rings. The molecule has 2 heterocycles. The fraction of sp³-hybridized carbons (Fsp3) is 0.364. The van der Waals surface area contributed by atoms with Crippen molar-refractivity contribution >= 4 is 29.2 Å². The lowest BCUT2D eigenvalue weighted by molar-refractivity contribution is -0.126. The highest BCUT2D eigenvalue weighted by atomic mass is 16.2. The van der Waals surface area contributed by atoms with Gasteiger partial charge in [0.2, 0.25) is 11.8 Å². The number of ketones is 1. The lowest BCUT2D eigenvalue weighted by Gasteiger charge is -2.35. The zero-order chi connectivity index (χ0) is 30.4. The Bertz CT molecular complexity index is 1480. The molecular weight excluding hydrogens is 528 g/mol. The van der Waals surface area contributed by atoms with Crippen molar-refractivity contribution in [1.29, 1.82) is 0 Å². The van der Waals surface area contributed by atoms with Crippen LogP contribution in [0.25, 0.3) is 11.4 Å². The molecule has 42 heavy (non-hydrogen) atoms. The minimum atomic E-state index is -0.174. The van der Waals surface area contributed by atoms with Gasteiger partial charge in [0.15, 0.2) is 11.6 Å². The number of aromatic nitrogens is 2. The zero-order valence-electron chi connectivity index (χ0n) is 25.4. The molecule has 1 saturated heterocycles. The molecule has 9 nitrogen and oxygen atoms in total. The maximum atomic E-state index is 13.1. The fourth-order valence-electron chi connectivity index (χ4n) is 5.19. The highest BCUT2D eigenvalue weighted by Gasteiger charge is 2.23. The molecule has 0 saturated carbocycles. The van der Waals surface area contributed by atoms with Gasteiger partial charge in [0, 0.05) is 69.5 Å². The summed E-state index contributed by atoms with van der Waals surface area (Å²) >= 11 is 0. The molecule has 0 bridgehead atoms.